The summed E-state index contributed by atoms with van der Waals surface area (Å²) in [6, 6.07) is 13.3. The van der Waals surface area contributed by atoms with Crippen molar-refractivity contribution in [3.8, 4) is 22.7 Å². The van der Waals surface area contributed by atoms with Crippen LogP contribution in [0.4, 0.5) is 8.78 Å². The predicted molar refractivity (Wildman–Crippen MR) is 134 cm³/mol. The Morgan fingerprint density at radius 2 is 1.81 bits per heavy atom. The molecule has 0 atom stereocenters. The Balaban J connectivity index is 1.55. The van der Waals surface area contributed by atoms with E-state index in [2.05, 4.69) is 10.1 Å². The zero-order valence-electron chi connectivity index (χ0n) is 19.1. The molecule has 6 nitrogen and oxygen atoms in total. The largest absolute Gasteiger partial charge is 0.485 e. The van der Waals surface area contributed by atoms with Gasteiger partial charge in [-0.3, -0.25) is 9.20 Å². The number of pyridine rings is 1. The van der Waals surface area contributed by atoms with Crippen LogP contribution in [0.15, 0.2) is 65.6 Å². The van der Waals surface area contributed by atoms with Crippen LogP contribution in [0.2, 0.25) is 10.0 Å². The lowest BCUT2D eigenvalue weighted by atomic mass is 10.1. The minimum absolute atomic E-state index is 0.0519. The highest BCUT2D eigenvalue weighted by Crippen LogP contribution is 2.28. The van der Waals surface area contributed by atoms with E-state index in [0.717, 1.165) is 23.9 Å². The van der Waals surface area contributed by atoms with Crippen molar-refractivity contribution in [3.05, 3.63) is 110 Å². The third-order valence-electron chi connectivity index (χ3n) is 5.68. The third-order valence-corrected chi connectivity index (χ3v) is 6.42. The average molecular weight is 527 g/mol. The molecule has 0 saturated carbocycles. The average Bonchev–Trinajstić information content (AvgIpc) is 3.22. The SMILES string of the molecule is Cc1nc2c(OCc3cc(F)ccc3F)cccn2c(=O)c1-c1cc(C)n(-c2ccc(Cl)c(Cl)c2)n1. The molecule has 5 aromatic rings. The molecule has 0 amide bonds. The van der Waals surface area contributed by atoms with Crippen molar-refractivity contribution in [1.29, 1.82) is 0 Å². The molecule has 0 bridgehead atoms. The molecular formula is C26H18Cl2F2N4O2. The molecule has 0 spiro atoms. The lowest BCUT2D eigenvalue weighted by Gasteiger charge is -2.12. The van der Waals surface area contributed by atoms with Crippen LogP contribution < -0.4 is 10.3 Å². The van der Waals surface area contributed by atoms with Gasteiger partial charge in [0.2, 0.25) is 0 Å². The number of aromatic nitrogens is 4. The first-order valence-corrected chi connectivity index (χ1v) is 11.6. The molecule has 36 heavy (non-hydrogen) atoms. The van der Waals surface area contributed by atoms with E-state index in [-0.39, 0.29) is 29.1 Å². The molecular weight excluding hydrogens is 509 g/mol. The van der Waals surface area contributed by atoms with Crippen LogP contribution in [0.3, 0.4) is 0 Å². The number of hydrogen-bond donors (Lipinski definition) is 0. The lowest BCUT2D eigenvalue weighted by Crippen LogP contribution is -2.19. The van der Waals surface area contributed by atoms with Crippen LogP contribution in [0, 0.1) is 25.5 Å². The van der Waals surface area contributed by atoms with E-state index in [1.54, 1.807) is 54.2 Å². The molecule has 0 saturated heterocycles. The van der Waals surface area contributed by atoms with E-state index in [0.29, 0.717) is 32.7 Å². The van der Waals surface area contributed by atoms with Crippen LogP contribution >= 0.6 is 23.2 Å². The summed E-state index contributed by atoms with van der Waals surface area (Å²) in [5.74, 6) is -0.906. The summed E-state index contributed by atoms with van der Waals surface area (Å²) >= 11 is 12.2. The number of nitrogens with zero attached hydrogens (tertiary/aromatic N) is 4. The van der Waals surface area contributed by atoms with Crippen molar-refractivity contribution >= 4 is 28.8 Å². The molecule has 10 heteroatoms. The van der Waals surface area contributed by atoms with Crippen molar-refractivity contribution < 1.29 is 13.5 Å². The molecule has 0 aliphatic rings. The maximum Gasteiger partial charge on any atom is 0.267 e. The molecule has 182 valence electrons. The quantitative estimate of drug-likeness (QED) is 0.268. The number of hydrogen-bond acceptors (Lipinski definition) is 4. The Kier molecular flexibility index (Phi) is 6.24. The van der Waals surface area contributed by atoms with Gasteiger partial charge in [0.1, 0.15) is 23.9 Å². The van der Waals surface area contributed by atoms with Crippen LogP contribution in [0.1, 0.15) is 17.0 Å². The van der Waals surface area contributed by atoms with E-state index in [1.165, 1.54) is 4.40 Å². The third kappa shape index (κ3) is 4.34. The van der Waals surface area contributed by atoms with Crippen LogP contribution in [-0.2, 0) is 6.61 Å². The Hall–Kier alpha value is -3.75. The van der Waals surface area contributed by atoms with Crippen molar-refractivity contribution in [3.63, 3.8) is 0 Å². The van der Waals surface area contributed by atoms with Gasteiger partial charge in [0.05, 0.1) is 27.0 Å². The molecule has 0 aliphatic heterocycles. The van der Waals surface area contributed by atoms with E-state index in [4.69, 9.17) is 27.9 Å². The zero-order chi connectivity index (χ0) is 25.6. The zero-order valence-corrected chi connectivity index (χ0v) is 20.6. The molecule has 0 fully saturated rings. The number of ether oxygens (including phenoxy) is 1. The highest BCUT2D eigenvalue weighted by Gasteiger charge is 2.19. The molecule has 3 heterocycles. The van der Waals surface area contributed by atoms with Crippen molar-refractivity contribution in [1.82, 2.24) is 19.2 Å². The number of aryl methyl sites for hydroxylation is 2. The number of benzene rings is 2. The summed E-state index contributed by atoms with van der Waals surface area (Å²) in [7, 11) is 0. The summed E-state index contributed by atoms with van der Waals surface area (Å²) in [5.41, 5.74) is 2.63. The van der Waals surface area contributed by atoms with Gasteiger partial charge in [-0.05, 0) is 68.4 Å². The molecule has 0 aliphatic carbocycles. The molecule has 2 aromatic carbocycles. The van der Waals surface area contributed by atoms with Gasteiger partial charge < -0.3 is 4.74 Å². The summed E-state index contributed by atoms with van der Waals surface area (Å²) in [6.07, 6.45) is 1.56. The van der Waals surface area contributed by atoms with Gasteiger partial charge in [-0.25, -0.2) is 18.4 Å². The fraction of sp³-hybridized carbons (Fsp3) is 0.115. The minimum Gasteiger partial charge on any atom is -0.485 e. The Bertz CT molecular complexity index is 1700. The molecule has 0 N–H and O–H groups in total. The van der Waals surface area contributed by atoms with Gasteiger partial charge >= 0.3 is 0 Å². The monoisotopic (exact) mass is 526 g/mol. The standard InChI is InChI=1S/C26H18Cl2F2N4O2/c1-14-10-22(32-34(14)18-6-7-19(27)20(28)12-18)24-15(2)31-25-23(4-3-9-33(25)26(24)35)36-13-16-11-17(29)5-8-21(16)30/h3-12H,13H2,1-2H3. The number of halogens is 4. The fourth-order valence-corrected chi connectivity index (χ4v) is 4.23. The van der Waals surface area contributed by atoms with E-state index >= 15 is 0 Å². The van der Waals surface area contributed by atoms with Gasteiger partial charge in [0.15, 0.2) is 11.4 Å². The van der Waals surface area contributed by atoms with Crippen molar-refractivity contribution in [2.45, 2.75) is 20.5 Å². The molecule has 0 radical (unpaired) electrons. The topological polar surface area (TPSA) is 61.4 Å². The first kappa shape index (κ1) is 24.0. The van der Waals surface area contributed by atoms with Crippen molar-refractivity contribution in [2.75, 3.05) is 0 Å². The molecule has 0 unspecified atom stereocenters. The smallest absolute Gasteiger partial charge is 0.267 e. The summed E-state index contributed by atoms with van der Waals surface area (Å²) in [6.45, 7) is 3.33. The highest BCUT2D eigenvalue weighted by molar-refractivity contribution is 6.42. The number of rotatable bonds is 5. The first-order chi connectivity index (χ1) is 17.2. The maximum absolute atomic E-state index is 14.0. The van der Waals surface area contributed by atoms with E-state index in [1.807, 2.05) is 6.92 Å². The Labute approximate surface area is 214 Å². The van der Waals surface area contributed by atoms with Gasteiger partial charge in [0.25, 0.3) is 5.56 Å². The maximum atomic E-state index is 14.0. The van der Waals surface area contributed by atoms with Gasteiger partial charge in [-0.15, -0.1) is 0 Å². The highest BCUT2D eigenvalue weighted by atomic mass is 35.5. The summed E-state index contributed by atoms with van der Waals surface area (Å²) in [5, 5.41) is 5.44. The van der Waals surface area contributed by atoms with Gasteiger partial charge in [0, 0.05) is 17.5 Å². The van der Waals surface area contributed by atoms with Crippen LogP contribution in [0.25, 0.3) is 22.6 Å². The van der Waals surface area contributed by atoms with Crippen molar-refractivity contribution in [2.24, 2.45) is 0 Å². The fourth-order valence-electron chi connectivity index (χ4n) is 3.93. The molecule has 3 aromatic heterocycles. The summed E-state index contributed by atoms with van der Waals surface area (Å²) in [4.78, 5) is 18.1. The van der Waals surface area contributed by atoms with E-state index < -0.39 is 11.6 Å². The minimum atomic E-state index is -0.590. The number of fused-ring (bicyclic) bond motifs is 1. The normalized spacial score (nSPS) is 11.3. The summed E-state index contributed by atoms with van der Waals surface area (Å²) < 4.78 is 36.3. The lowest BCUT2D eigenvalue weighted by molar-refractivity contribution is 0.300. The second-order valence-corrected chi connectivity index (χ2v) is 8.96. The Morgan fingerprint density at radius 3 is 2.58 bits per heavy atom. The Morgan fingerprint density at radius 1 is 1.00 bits per heavy atom. The second-order valence-electron chi connectivity index (χ2n) is 8.15. The van der Waals surface area contributed by atoms with Crippen LogP contribution in [-0.4, -0.2) is 19.2 Å². The predicted octanol–water partition coefficient (Wildman–Crippen LogP) is 6.33. The van der Waals surface area contributed by atoms with Crippen LogP contribution in [0.5, 0.6) is 5.75 Å². The van der Waals surface area contributed by atoms with Gasteiger partial charge in [-0.1, -0.05) is 23.2 Å². The molecule has 5 rings (SSSR count). The van der Waals surface area contributed by atoms with E-state index in [9.17, 15) is 13.6 Å². The first-order valence-electron chi connectivity index (χ1n) is 10.8. The second kappa shape index (κ2) is 9.37. The van der Waals surface area contributed by atoms with Gasteiger partial charge in [-0.2, -0.15) is 5.10 Å².